The van der Waals surface area contributed by atoms with Crippen LogP contribution in [0.5, 0.6) is 0 Å². The zero-order valence-electron chi connectivity index (χ0n) is 11.4. The predicted octanol–water partition coefficient (Wildman–Crippen LogP) is 2.32. The molecule has 3 heteroatoms. The average molecular weight is 236 g/mol. The van der Waals surface area contributed by atoms with Gasteiger partial charge < -0.3 is 14.6 Å². The highest BCUT2D eigenvalue weighted by molar-refractivity contribution is 5.08. The first kappa shape index (κ1) is 12.7. The maximum Gasteiger partial charge on any atom is 0.0655 e. The molecule has 1 N–H and O–H groups in total. The molecule has 1 aliphatic rings. The molecule has 0 bridgehead atoms. The lowest BCUT2D eigenvalue weighted by Gasteiger charge is -2.52. The van der Waals surface area contributed by atoms with Gasteiger partial charge in [-0.15, -0.1) is 0 Å². The molecule has 1 aromatic rings. The van der Waals surface area contributed by atoms with Gasteiger partial charge in [0.1, 0.15) is 0 Å². The summed E-state index contributed by atoms with van der Waals surface area (Å²) in [5, 5.41) is 3.64. The van der Waals surface area contributed by atoms with E-state index in [1.165, 1.54) is 5.69 Å². The molecule has 96 valence electrons. The fraction of sp³-hybridized carbons (Fsp3) is 0.714. The van der Waals surface area contributed by atoms with Crippen molar-refractivity contribution in [3.8, 4) is 0 Å². The number of nitrogens with one attached hydrogen (secondary N) is 1. The van der Waals surface area contributed by atoms with Gasteiger partial charge in [-0.05, 0) is 25.5 Å². The SMILES string of the molecule is CCOC1CC(NCc2cccn2C)C1(C)C. The van der Waals surface area contributed by atoms with Gasteiger partial charge in [0.05, 0.1) is 6.10 Å². The molecule has 0 saturated heterocycles. The summed E-state index contributed by atoms with van der Waals surface area (Å²) in [4.78, 5) is 0. The first-order valence-corrected chi connectivity index (χ1v) is 6.51. The summed E-state index contributed by atoms with van der Waals surface area (Å²) in [6.45, 7) is 8.41. The molecule has 0 aliphatic heterocycles. The van der Waals surface area contributed by atoms with E-state index in [1.54, 1.807) is 0 Å². The van der Waals surface area contributed by atoms with Crippen LogP contribution in [-0.2, 0) is 18.3 Å². The van der Waals surface area contributed by atoms with E-state index in [2.05, 4.69) is 56.0 Å². The van der Waals surface area contributed by atoms with Crippen LogP contribution in [0.2, 0.25) is 0 Å². The van der Waals surface area contributed by atoms with Crippen LogP contribution >= 0.6 is 0 Å². The van der Waals surface area contributed by atoms with Crippen molar-refractivity contribution >= 4 is 0 Å². The Morgan fingerprint density at radius 2 is 2.29 bits per heavy atom. The molecule has 1 heterocycles. The molecule has 17 heavy (non-hydrogen) atoms. The third-order valence-corrected chi connectivity index (χ3v) is 4.13. The maximum atomic E-state index is 5.74. The number of aromatic nitrogens is 1. The fourth-order valence-corrected chi connectivity index (χ4v) is 2.62. The molecule has 0 aromatic carbocycles. The smallest absolute Gasteiger partial charge is 0.0655 e. The lowest BCUT2D eigenvalue weighted by Crippen LogP contribution is -2.60. The Bertz CT molecular complexity index is 370. The van der Waals surface area contributed by atoms with Crippen LogP contribution in [-0.4, -0.2) is 23.3 Å². The Hall–Kier alpha value is -0.800. The van der Waals surface area contributed by atoms with Crippen molar-refractivity contribution in [3.05, 3.63) is 24.0 Å². The minimum absolute atomic E-state index is 0.251. The second-order valence-electron chi connectivity index (χ2n) is 5.54. The van der Waals surface area contributed by atoms with Gasteiger partial charge in [0.2, 0.25) is 0 Å². The third-order valence-electron chi connectivity index (χ3n) is 4.13. The zero-order valence-corrected chi connectivity index (χ0v) is 11.4. The van der Waals surface area contributed by atoms with Gasteiger partial charge in [-0.3, -0.25) is 0 Å². The number of hydrogen-bond acceptors (Lipinski definition) is 2. The molecule has 2 atom stereocenters. The average Bonchev–Trinajstić information content (AvgIpc) is 2.68. The zero-order chi connectivity index (χ0) is 12.5. The second-order valence-corrected chi connectivity index (χ2v) is 5.54. The van der Waals surface area contributed by atoms with E-state index in [4.69, 9.17) is 4.74 Å². The van der Waals surface area contributed by atoms with Gasteiger partial charge in [0.15, 0.2) is 0 Å². The van der Waals surface area contributed by atoms with Crippen molar-refractivity contribution in [1.29, 1.82) is 0 Å². The predicted molar refractivity (Wildman–Crippen MR) is 69.9 cm³/mol. The highest BCUT2D eigenvalue weighted by Crippen LogP contribution is 2.42. The van der Waals surface area contributed by atoms with E-state index in [0.717, 1.165) is 19.6 Å². The molecular weight excluding hydrogens is 212 g/mol. The van der Waals surface area contributed by atoms with Gasteiger partial charge >= 0.3 is 0 Å². The van der Waals surface area contributed by atoms with Crippen LogP contribution < -0.4 is 5.32 Å². The van der Waals surface area contributed by atoms with Gasteiger partial charge in [0, 0.05) is 43.5 Å². The monoisotopic (exact) mass is 236 g/mol. The molecule has 2 unspecified atom stereocenters. The van der Waals surface area contributed by atoms with E-state index in [9.17, 15) is 0 Å². The van der Waals surface area contributed by atoms with Gasteiger partial charge in [-0.25, -0.2) is 0 Å². The summed E-state index contributed by atoms with van der Waals surface area (Å²) in [7, 11) is 2.09. The van der Waals surface area contributed by atoms with Crippen LogP contribution in [0.4, 0.5) is 0 Å². The molecule has 1 saturated carbocycles. The van der Waals surface area contributed by atoms with Crippen molar-refractivity contribution < 1.29 is 4.74 Å². The van der Waals surface area contributed by atoms with Crippen LogP contribution in [0.25, 0.3) is 0 Å². The first-order valence-electron chi connectivity index (χ1n) is 6.51. The minimum atomic E-state index is 0.251. The highest BCUT2D eigenvalue weighted by Gasteiger charge is 2.48. The topological polar surface area (TPSA) is 26.2 Å². The number of ether oxygens (including phenoxy) is 1. The molecule has 3 nitrogen and oxygen atoms in total. The number of aryl methyl sites for hydroxylation is 1. The molecule has 2 rings (SSSR count). The Morgan fingerprint density at radius 1 is 1.53 bits per heavy atom. The Kier molecular flexibility index (Phi) is 3.59. The first-order chi connectivity index (χ1) is 8.05. The third kappa shape index (κ3) is 2.40. The molecule has 0 spiro atoms. The molecular formula is C14H24N2O. The number of nitrogens with zero attached hydrogens (tertiary/aromatic N) is 1. The Labute approximate surface area is 104 Å². The van der Waals surface area contributed by atoms with Gasteiger partial charge in [-0.2, -0.15) is 0 Å². The summed E-state index contributed by atoms with van der Waals surface area (Å²) in [5.74, 6) is 0. The van der Waals surface area contributed by atoms with E-state index in [1.807, 2.05) is 0 Å². The fourth-order valence-electron chi connectivity index (χ4n) is 2.62. The molecule has 1 aliphatic carbocycles. The summed E-state index contributed by atoms with van der Waals surface area (Å²) in [5.41, 5.74) is 1.59. The lowest BCUT2D eigenvalue weighted by atomic mass is 9.64. The van der Waals surface area contributed by atoms with Crippen LogP contribution in [0.1, 0.15) is 32.9 Å². The summed E-state index contributed by atoms with van der Waals surface area (Å²) in [6, 6.07) is 4.82. The Balaban J connectivity index is 1.84. The van der Waals surface area contributed by atoms with E-state index in [0.29, 0.717) is 12.1 Å². The number of rotatable bonds is 5. The van der Waals surface area contributed by atoms with Crippen molar-refractivity contribution in [3.63, 3.8) is 0 Å². The molecule has 0 radical (unpaired) electrons. The summed E-state index contributed by atoms with van der Waals surface area (Å²) in [6.07, 6.45) is 3.63. The van der Waals surface area contributed by atoms with Gasteiger partial charge in [0.25, 0.3) is 0 Å². The van der Waals surface area contributed by atoms with Crippen LogP contribution in [0, 0.1) is 5.41 Å². The number of hydrogen-bond donors (Lipinski definition) is 1. The van der Waals surface area contributed by atoms with Gasteiger partial charge in [-0.1, -0.05) is 13.8 Å². The van der Waals surface area contributed by atoms with E-state index in [-0.39, 0.29) is 5.41 Å². The van der Waals surface area contributed by atoms with Crippen molar-refractivity contribution in [1.82, 2.24) is 9.88 Å². The second kappa shape index (κ2) is 4.83. The molecule has 1 aromatic heterocycles. The summed E-state index contributed by atoms with van der Waals surface area (Å²) < 4.78 is 7.90. The van der Waals surface area contributed by atoms with Crippen molar-refractivity contribution in [2.45, 2.75) is 45.9 Å². The maximum absolute atomic E-state index is 5.74. The molecule has 0 amide bonds. The van der Waals surface area contributed by atoms with Crippen LogP contribution in [0.15, 0.2) is 18.3 Å². The largest absolute Gasteiger partial charge is 0.378 e. The normalized spacial score (nSPS) is 26.8. The summed E-state index contributed by atoms with van der Waals surface area (Å²) >= 11 is 0. The van der Waals surface area contributed by atoms with Crippen molar-refractivity contribution in [2.75, 3.05) is 6.61 Å². The highest BCUT2D eigenvalue weighted by atomic mass is 16.5. The molecule has 1 fully saturated rings. The minimum Gasteiger partial charge on any atom is -0.378 e. The van der Waals surface area contributed by atoms with E-state index >= 15 is 0 Å². The Morgan fingerprint density at radius 3 is 2.82 bits per heavy atom. The van der Waals surface area contributed by atoms with Crippen LogP contribution in [0.3, 0.4) is 0 Å². The quantitative estimate of drug-likeness (QED) is 0.849. The standard InChI is InChI=1S/C14H24N2O/c1-5-17-13-9-12(14(13,2)3)15-10-11-7-6-8-16(11)4/h6-8,12-13,15H,5,9-10H2,1-4H3. The van der Waals surface area contributed by atoms with E-state index < -0.39 is 0 Å². The lowest BCUT2D eigenvalue weighted by molar-refractivity contribution is -0.114. The van der Waals surface area contributed by atoms with Crippen molar-refractivity contribution in [2.24, 2.45) is 12.5 Å².